The highest BCUT2D eigenvalue weighted by atomic mass is 32.1. The number of thiophene rings is 1. The number of pyridine rings is 1. The van der Waals surface area contributed by atoms with Crippen LogP contribution in [0.2, 0.25) is 0 Å². The first kappa shape index (κ1) is 15.0. The van der Waals surface area contributed by atoms with Crippen molar-refractivity contribution >= 4 is 33.5 Å². The molecule has 1 aromatic carbocycles. The molecule has 3 heterocycles. The zero-order valence-electron chi connectivity index (χ0n) is 12.7. The predicted molar refractivity (Wildman–Crippen MR) is 100.0 cm³/mol. The Labute approximate surface area is 147 Å². The topological polar surface area (TPSA) is 50.7 Å². The Bertz CT molecular complexity index is 916. The smallest absolute Gasteiger partial charge is 0.210 e. The number of hydrogen-bond acceptors (Lipinski definition) is 6. The first-order valence-electron chi connectivity index (χ1n) is 7.50. The number of para-hydroxylation sites is 1. The van der Waals surface area contributed by atoms with Crippen molar-refractivity contribution in [2.24, 2.45) is 0 Å². The van der Waals surface area contributed by atoms with Crippen molar-refractivity contribution in [2.45, 2.75) is 6.42 Å². The molecule has 0 saturated heterocycles. The van der Waals surface area contributed by atoms with Crippen molar-refractivity contribution in [3.63, 3.8) is 0 Å². The minimum absolute atomic E-state index is 0.803. The highest BCUT2D eigenvalue weighted by Crippen LogP contribution is 2.34. The van der Waals surface area contributed by atoms with Gasteiger partial charge in [-0.1, -0.05) is 29.5 Å². The molecule has 4 nitrogen and oxygen atoms in total. The van der Waals surface area contributed by atoms with Gasteiger partial charge in [0.2, 0.25) is 5.13 Å². The first-order chi connectivity index (χ1) is 11.9. The lowest BCUT2D eigenvalue weighted by molar-refractivity contribution is 1.09. The van der Waals surface area contributed by atoms with Crippen molar-refractivity contribution in [2.75, 3.05) is 5.32 Å². The minimum Gasteiger partial charge on any atom is -0.330 e. The van der Waals surface area contributed by atoms with Crippen LogP contribution in [0.5, 0.6) is 0 Å². The summed E-state index contributed by atoms with van der Waals surface area (Å²) in [4.78, 5) is 5.37. The third-order valence-electron chi connectivity index (χ3n) is 3.54. The lowest BCUT2D eigenvalue weighted by Crippen LogP contribution is -1.88. The molecule has 118 valence electrons. The summed E-state index contributed by atoms with van der Waals surface area (Å²) < 4.78 is 0. The molecule has 0 aliphatic carbocycles. The number of hydrogen-bond donors (Lipinski definition) is 1. The van der Waals surface area contributed by atoms with Gasteiger partial charge in [-0.2, -0.15) is 0 Å². The molecule has 0 bridgehead atoms. The van der Waals surface area contributed by atoms with E-state index in [1.807, 2.05) is 54.9 Å². The fourth-order valence-electron chi connectivity index (χ4n) is 2.38. The summed E-state index contributed by atoms with van der Waals surface area (Å²) in [5.74, 6) is 0. The molecule has 6 heteroatoms. The zero-order chi connectivity index (χ0) is 16.2. The molecule has 1 N–H and O–H groups in total. The molecule has 0 amide bonds. The van der Waals surface area contributed by atoms with E-state index in [1.54, 1.807) is 22.7 Å². The highest BCUT2D eigenvalue weighted by Gasteiger charge is 2.13. The lowest BCUT2D eigenvalue weighted by atomic mass is 10.1. The van der Waals surface area contributed by atoms with E-state index in [4.69, 9.17) is 0 Å². The molecule has 0 aliphatic rings. The van der Waals surface area contributed by atoms with Crippen molar-refractivity contribution in [3.8, 4) is 10.6 Å². The van der Waals surface area contributed by atoms with E-state index in [2.05, 4.69) is 31.9 Å². The van der Waals surface area contributed by atoms with Crippen LogP contribution in [-0.2, 0) is 6.42 Å². The number of nitrogens with zero attached hydrogens (tertiary/aromatic N) is 3. The van der Waals surface area contributed by atoms with Crippen molar-refractivity contribution in [3.05, 3.63) is 76.7 Å². The average Bonchev–Trinajstić information content (AvgIpc) is 3.26. The summed E-state index contributed by atoms with van der Waals surface area (Å²) in [6, 6.07) is 16.2. The maximum atomic E-state index is 4.36. The second kappa shape index (κ2) is 6.90. The van der Waals surface area contributed by atoms with E-state index >= 15 is 0 Å². The van der Waals surface area contributed by atoms with Crippen LogP contribution in [0.4, 0.5) is 10.8 Å². The second-order valence-corrected chi connectivity index (χ2v) is 7.17. The van der Waals surface area contributed by atoms with Crippen LogP contribution in [0.25, 0.3) is 10.6 Å². The zero-order valence-corrected chi connectivity index (χ0v) is 14.3. The van der Waals surface area contributed by atoms with Crippen molar-refractivity contribution in [1.82, 2.24) is 15.2 Å². The van der Waals surface area contributed by atoms with Gasteiger partial charge >= 0.3 is 0 Å². The Morgan fingerprint density at radius 2 is 1.75 bits per heavy atom. The van der Waals surface area contributed by atoms with Gasteiger partial charge in [-0.3, -0.25) is 4.98 Å². The number of aromatic nitrogens is 3. The van der Waals surface area contributed by atoms with Gasteiger partial charge in [0.25, 0.3) is 0 Å². The molecule has 0 saturated carbocycles. The molecule has 24 heavy (non-hydrogen) atoms. The Kier molecular flexibility index (Phi) is 4.31. The lowest BCUT2D eigenvalue weighted by Gasteiger charge is -2.01. The molecular weight excluding hydrogens is 336 g/mol. The van der Waals surface area contributed by atoms with Gasteiger partial charge in [-0.15, -0.1) is 21.5 Å². The maximum Gasteiger partial charge on any atom is 0.210 e. The van der Waals surface area contributed by atoms with Gasteiger partial charge in [0.15, 0.2) is 5.01 Å². The monoisotopic (exact) mass is 350 g/mol. The molecule has 4 aromatic rings. The van der Waals surface area contributed by atoms with Crippen molar-refractivity contribution in [1.29, 1.82) is 0 Å². The molecule has 0 atom stereocenters. The normalized spacial score (nSPS) is 10.7. The second-order valence-electron chi connectivity index (χ2n) is 5.19. The van der Waals surface area contributed by atoms with Crippen LogP contribution in [0.1, 0.15) is 10.4 Å². The van der Waals surface area contributed by atoms with E-state index in [0.717, 1.165) is 27.8 Å². The van der Waals surface area contributed by atoms with Crippen LogP contribution in [-0.4, -0.2) is 15.2 Å². The van der Waals surface area contributed by atoms with Gasteiger partial charge in [-0.05, 0) is 41.3 Å². The molecular formula is C18H14N4S2. The van der Waals surface area contributed by atoms with Crippen LogP contribution in [0.15, 0.2) is 66.3 Å². The van der Waals surface area contributed by atoms with Crippen LogP contribution in [0.3, 0.4) is 0 Å². The van der Waals surface area contributed by atoms with Gasteiger partial charge in [0.1, 0.15) is 0 Å². The molecule has 0 fully saturated rings. The fraction of sp³-hybridized carbons (Fsp3) is 0.0556. The summed E-state index contributed by atoms with van der Waals surface area (Å²) in [5, 5.41) is 15.8. The molecule has 3 aromatic heterocycles. The van der Waals surface area contributed by atoms with Gasteiger partial charge in [-0.25, -0.2) is 0 Å². The molecule has 0 unspecified atom stereocenters. The van der Waals surface area contributed by atoms with Crippen LogP contribution >= 0.6 is 22.7 Å². The summed E-state index contributed by atoms with van der Waals surface area (Å²) in [7, 11) is 0. The standard InChI is InChI=1S/C18H14N4S2/c1-2-4-14(5-3-1)20-18-22-21-17(24-18)15-8-11-23-16(15)12-13-6-9-19-10-7-13/h1-11H,12H2,(H,20,22). The summed E-state index contributed by atoms with van der Waals surface area (Å²) >= 11 is 3.32. The Balaban J connectivity index is 1.56. The Morgan fingerprint density at radius 3 is 2.58 bits per heavy atom. The van der Waals surface area contributed by atoms with E-state index in [0.29, 0.717) is 0 Å². The molecule has 0 aliphatic heterocycles. The molecule has 4 rings (SSSR count). The van der Waals surface area contributed by atoms with Crippen LogP contribution in [0, 0.1) is 0 Å². The van der Waals surface area contributed by atoms with E-state index in [9.17, 15) is 0 Å². The Hall–Kier alpha value is -2.57. The van der Waals surface area contributed by atoms with E-state index in [1.165, 1.54) is 10.4 Å². The van der Waals surface area contributed by atoms with Gasteiger partial charge < -0.3 is 5.32 Å². The Morgan fingerprint density at radius 1 is 0.917 bits per heavy atom. The number of anilines is 2. The minimum atomic E-state index is 0.803. The molecule has 0 spiro atoms. The maximum absolute atomic E-state index is 4.36. The third-order valence-corrected chi connectivity index (χ3v) is 5.33. The quantitative estimate of drug-likeness (QED) is 0.550. The SMILES string of the molecule is c1ccc(Nc2nnc(-c3ccsc3Cc3ccncc3)s2)cc1. The average molecular weight is 350 g/mol. The van der Waals surface area contributed by atoms with Crippen molar-refractivity contribution < 1.29 is 0 Å². The number of nitrogens with one attached hydrogen (secondary N) is 1. The fourth-order valence-corrected chi connectivity index (χ4v) is 4.17. The molecule has 0 radical (unpaired) electrons. The van der Waals surface area contributed by atoms with E-state index < -0.39 is 0 Å². The summed E-state index contributed by atoms with van der Waals surface area (Å²) in [6.45, 7) is 0. The highest BCUT2D eigenvalue weighted by molar-refractivity contribution is 7.19. The van der Waals surface area contributed by atoms with Gasteiger partial charge in [0.05, 0.1) is 0 Å². The van der Waals surface area contributed by atoms with Gasteiger partial charge in [0, 0.05) is 34.9 Å². The predicted octanol–water partition coefficient (Wildman–Crippen LogP) is 5.00. The third kappa shape index (κ3) is 3.34. The largest absolute Gasteiger partial charge is 0.330 e. The summed E-state index contributed by atoms with van der Waals surface area (Å²) in [6.07, 6.45) is 4.54. The number of rotatable bonds is 5. The number of benzene rings is 1. The summed E-state index contributed by atoms with van der Waals surface area (Å²) in [5.41, 5.74) is 3.43. The first-order valence-corrected chi connectivity index (χ1v) is 9.19. The van der Waals surface area contributed by atoms with Crippen LogP contribution < -0.4 is 5.32 Å². The van der Waals surface area contributed by atoms with E-state index in [-0.39, 0.29) is 0 Å².